The molecule has 9 heteroatoms. The number of amides is 1. The quantitative estimate of drug-likeness (QED) is 0.207. The maximum Gasteiger partial charge on any atom is 0.335 e. The Morgan fingerprint density at radius 1 is 1.08 bits per heavy atom. The van der Waals surface area contributed by atoms with Gasteiger partial charge in [0.25, 0.3) is 5.91 Å². The number of pyridine rings is 1. The van der Waals surface area contributed by atoms with Crippen LogP contribution in [0.15, 0.2) is 77.8 Å². The summed E-state index contributed by atoms with van der Waals surface area (Å²) in [6, 6.07) is 20.3. The third kappa shape index (κ3) is 5.50. The van der Waals surface area contributed by atoms with Crippen LogP contribution in [0.4, 0.5) is 0 Å². The number of carboxylic acid groups (broad SMARTS) is 1. The van der Waals surface area contributed by atoms with Crippen LogP contribution < -0.4 is 9.47 Å². The molecule has 7 nitrogen and oxygen atoms in total. The molecular formula is C30H24N2O5S2. The topological polar surface area (TPSA) is 89.0 Å². The average Bonchev–Trinajstić information content (AvgIpc) is 3.22. The molecule has 0 spiro atoms. The summed E-state index contributed by atoms with van der Waals surface area (Å²) < 4.78 is 11.8. The molecule has 0 unspecified atom stereocenters. The molecule has 39 heavy (non-hydrogen) atoms. The van der Waals surface area contributed by atoms with Gasteiger partial charge in [-0.25, -0.2) is 4.79 Å². The van der Waals surface area contributed by atoms with Gasteiger partial charge in [-0.15, -0.1) is 0 Å². The Morgan fingerprint density at radius 3 is 2.59 bits per heavy atom. The van der Waals surface area contributed by atoms with Crippen molar-refractivity contribution in [2.24, 2.45) is 0 Å². The Kier molecular flexibility index (Phi) is 7.63. The van der Waals surface area contributed by atoms with E-state index < -0.39 is 5.97 Å². The molecule has 5 rings (SSSR count). The van der Waals surface area contributed by atoms with Crippen LogP contribution in [-0.2, 0) is 11.2 Å². The zero-order valence-electron chi connectivity index (χ0n) is 21.2. The van der Waals surface area contributed by atoms with Crippen molar-refractivity contribution in [2.45, 2.75) is 6.42 Å². The molecule has 0 aliphatic carbocycles. The summed E-state index contributed by atoms with van der Waals surface area (Å²) >= 11 is 6.77. The van der Waals surface area contributed by atoms with E-state index in [1.807, 2.05) is 48.5 Å². The molecule has 1 aliphatic rings. The van der Waals surface area contributed by atoms with Crippen LogP contribution in [0.1, 0.15) is 21.5 Å². The number of aromatic carboxylic acids is 1. The Bertz CT molecular complexity index is 1630. The fraction of sp³-hybridized carbons (Fsp3) is 0.133. The van der Waals surface area contributed by atoms with Crippen molar-refractivity contribution in [3.05, 3.63) is 94.5 Å². The van der Waals surface area contributed by atoms with E-state index >= 15 is 0 Å². The highest BCUT2D eigenvalue weighted by Crippen LogP contribution is 2.41. The van der Waals surface area contributed by atoms with Gasteiger partial charge < -0.3 is 14.6 Å². The molecule has 1 N–H and O–H groups in total. The average molecular weight is 557 g/mol. The van der Waals surface area contributed by atoms with Crippen molar-refractivity contribution in [3.8, 4) is 22.6 Å². The third-order valence-electron chi connectivity index (χ3n) is 6.41. The van der Waals surface area contributed by atoms with E-state index in [2.05, 4.69) is 4.98 Å². The van der Waals surface area contributed by atoms with E-state index in [1.165, 1.54) is 11.8 Å². The normalized spacial score (nSPS) is 14.3. The molecule has 4 aromatic rings. The number of carbonyl (C=O) groups excluding carboxylic acids is 1. The van der Waals surface area contributed by atoms with E-state index in [0.29, 0.717) is 33.7 Å². The summed E-state index contributed by atoms with van der Waals surface area (Å²) in [5.74, 6) is 0.00650. The molecule has 1 fully saturated rings. The second-order valence-electron chi connectivity index (χ2n) is 8.80. The van der Waals surface area contributed by atoms with Crippen molar-refractivity contribution >= 4 is 57.2 Å². The number of fused-ring (bicyclic) bond motifs is 1. The van der Waals surface area contributed by atoms with E-state index in [9.17, 15) is 9.59 Å². The first kappa shape index (κ1) is 26.4. The number of methoxy groups -OCH3 is 2. The van der Waals surface area contributed by atoms with Gasteiger partial charge in [0, 0.05) is 23.7 Å². The first-order valence-electron chi connectivity index (χ1n) is 12.1. The lowest BCUT2D eigenvalue weighted by atomic mass is 9.99. The van der Waals surface area contributed by atoms with E-state index in [1.54, 1.807) is 49.6 Å². The fourth-order valence-corrected chi connectivity index (χ4v) is 5.73. The van der Waals surface area contributed by atoms with E-state index in [0.717, 1.165) is 33.2 Å². The van der Waals surface area contributed by atoms with Gasteiger partial charge in [-0.3, -0.25) is 14.7 Å². The number of thioether (sulfide) groups is 1. The van der Waals surface area contributed by atoms with Crippen LogP contribution in [0.5, 0.6) is 11.5 Å². The van der Waals surface area contributed by atoms with Crippen molar-refractivity contribution < 1.29 is 24.2 Å². The molecule has 2 heterocycles. The number of hydrogen-bond acceptors (Lipinski definition) is 7. The number of carbonyl (C=O) groups is 2. The van der Waals surface area contributed by atoms with E-state index in [4.69, 9.17) is 26.8 Å². The molecule has 0 atom stereocenters. The molecule has 1 saturated heterocycles. The fourth-order valence-electron chi connectivity index (χ4n) is 4.43. The van der Waals surface area contributed by atoms with Crippen molar-refractivity contribution in [3.63, 3.8) is 0 Å². The van der Waals surface area contributed by atoms with Crippen LogP contribution in [0.3, 0.4) is 0 Å². The maximum atomic E-state index is 13.3. The summed E-state index contributed by atoms with van der Waals surface area (Å²) in [4.78, 5) is 30.9. The number of carboxylic acids is 1. The Morgan fingerprint density at radius 2 is 1.87 bits per heavy atom. The maximum absolute atomic E-state index is 13.3. The molecule has 0 saturated carbocycles. The zero-order valence-corrected chi connectivity index (χ0v) is 22.8. The summed E-state index contributed by atoms with van der Waals surface area (Å²) in [6.07, 6.45) is 4.13. The van der Waals surface area contributed by atoms with Crippen LogP contribution in [0.25, 0.3) is 28.1 Å². The first-order valence-corrected chi connectivity index (χ1v) is 13.3. The van der Waals surface area contributed by atoms with Gasteiger partial charge in [-0.05, 0) is 71.7 Å². The Hall–Kier alpha value is -4.21. The lowest BCUT2D eigenvalue weighted by molar-refractivity contribution is -0.122. The number of rotatable bonds is 8. The molecule has 1 aliphatic heterocycles. The minimum Gasteiger partial charge on any atom is -0.493 e. The Labute approximate surface area is 235 Å². The van der Waals surface area contributed by atoms with Gasteiger partial charge in [-0.1, -0.05) is 48.2 Å². The summed E-state index contributed by atoms with van der Waals surface area (Å²) in [5, 5.41) is 10.1. The highest BCUT2D eigenvalue weighted by Gasteiger charge is 2.32. The van der Waals surface area contributed by atoms with Gasteiger partial charge in [-0.2, -0.15) is 0 Å². The van der Waals surface area contributed by atoms with Crippen LogP contribution in [0.2, 0.25) is 0 Å². The number of hydrogen-bond donors (Lipinski definition) is 1. The monoisotopic (exact) mass is 556 g/mol. The summed E-state index contributed by atoms with van der Waals surface area (Å²) in [7, 11) is 3.18. The molecule has 196 valence electrons. The minimum absolute atomic E-state index is 0.166. The summed E-state index contributed by atoms with van der Waals surface area (Å²) in [6.45, 7) is 0.400. The highest BCUT2D eigenvalue weighted by atomic mass is 32.2. The number of thiocarbonyl (C=S) groups is 1. The van der Waals surface area contributed by atoms with Crippen LogP contribution in [-0.4, -0.2) is 52.0 Å². The third-order valence-corrected chi connectivity index (χ3v) is 7.79. The Balaban J connectivity index is 1.42. The molecule has 0 bridgehead atoms. The second kappa shape index (κ2) is 11.3. The smallest absolute Gasteiger partial charge is 0.335 e. The SMILES string of the molecule is COc1cc(/C=C2\SC(=S)N(CCc3ccc(C(=O)O)cc3)C2=O)cc(-c2ccc3ncccc3c2)c1OC. The molecular weight excluding hydrogens is 532 g/mol. The van der Waals surface area contributed by atoms with Gasteiger partial charge in [0.1, 0.15) is 4.32 Å². The first-order chi connectivity index (χ1) is 18.9. The van der Waals surface area contributed by atoms with Crippen molar-refractivity contribution in [2.75, 3.05) is 20.8 Å². The number of nitrogens with zero attached hydrogens (tertiary/aromatic N) is 2. The number of aromatic nitrogens is 1. The number of benzene rings is 3. The van der Waals surface area contributed by atoms with E-state index in [-0.39, 0.29) is 11.5 Å². The van der Waals surface area contributed by atoms with Gasteiger partial charge >= 0.3 is 5.97 Å². The van der Waals surface area contributed by atoms with Crippen LogP contribution >= 0.6 is 24.0 Å². The lowest BCUT2D eigenvalue weighted by Gasteiger charge is -2.15. The molecule has 1 aromatic heterocycles. The second-order valence-corrected chi connectivity index (χ2v) is 10.5. The van der Waals surface area contributed by atoms with Gasteiger partial charge in [0.05, 0.1) is 30.2 Å². The van der Waals surface area contributed by atoms with Crippen molar-refractivity contribution in [1.82, 2.24) is 9.88 Å². The number of ether oxygens (including phenoxy) is 2. The predicted molar refractivity (Wildman–Crippen MR) is 157 cm³/mol. The lowest BCUT2D eigenvalue weighted by Crippen LogP contribution is -2.30. The molecule has 1 amide bonds. The highest BCUT2D eigenvalue weighted by molar-refractivity contribution is 8.26. The minimum atomic E-state index is -0.973. The van der Waals surface area contributed by atoms with Gasteiger partial charge in [0.15, 0.2) is 11.5 Å². The largest absolute Gasteiger partial charge is 0.493 e. The molecule has 3 aromatic carbocycles. The standard InChI is InChI=1S/C30H24N2O5S2/c1-36-25-15-19(14-23(27(25)37-2)21-9-10-24-22(17-21)4-3-12-31-24)16-26-28(33)32(30(38)39-26)13-11-18-5-7-20(8-6-18)29(34)35/h3-10,12,14-17H,11,13H2,1-2H3,(H,34,35)/b26-16-. The van der Waals surface area contributed by atoms with Crippen LogP contribution in [0, 0.1) is 0 Å². The zero-order chi connectivity index (χ0) is 27.5. The van der Waals surface area contributed by atoms with Crippen molar-refractivity contribution in [1.29, 1.82) is 0 Å². The predicted octanol–water partition coefficient (Wildman–Crippen LogP) is 6.06. The van der Waals surface area contributed by atoms with Gasteiger partial charge in [0.2, 0.25) is 0 Å². The molecule has 0 radical (unpaired) electrons. The summed E-state index contributed by atoms with van der Waals surface area (Å²) in [5.41, 5.74) is 4.58.